The molecule has 6 rings (SSSR count). The van der Waals surface area contributed by atoms with Gasteiger partial charge in [0, 0.05) is 36.0 Å². The number of aromatic amines is 1. The van der Waals surface area contributed by atoms with Crippen LogP contribution >= 0.6 is 23.1 Å². The zero-order chi connectivity index (χ0) is 28.0. The summed E-state index contributed by atoms with van der Waals surface area (Å²) in [5.74, 6) is -2.10. The number of ether oxygens (including phenoxy) is 2. The smallest absolute Gasteiger partial charge is 0.305 e. The van der Waals surface area contributed by atoms with E-state index in [1.807, 2.05) is 0 Å². The molecule has 2 aromatic carbocycles. The van der Waals surface area contributed by atoms with Crippen LogP contribution < -0.4 is 14.5 Å². The van der Waals surface area contributed by atoms with E-state index in [1.165, 1.54) is 24.3 Å². The number of anilines is 1. The minimum Gasteiger partial charge on any atom is -0.484 e. The van der Waals surface area contributed by atoms with Crippen LogP contribution in [0, 0.1) is 16.0 Å². The highest BCUT2D eigenvalue weighted by atomic mass is 32.2. The molecule has 3 amide bonds. The number of amides is 3. The molecule has 1 N–H and O–H groups in total. The van der Waals surface area contributed by atoms with Crippen molar-refractivity contribution in [3.63, 3.8) is 0 Å². The molecule has 0 aliphatic carbocycles. The van der Waals surface area contributed by atoms with Crippen LogP contribution in [0.15, 0.2) is 58.4 Å². The predicted molar refractivity (Wildman–Crippen MR) is 145 cm³/mol. The van der Waals surface area contributed by atoms with E-state index >= 15 is 0 Å². The molecule has 1 aromatic heterocycles. The number of morpholine rings is 1. The first-order chi connectivity index (χ1) is 19.3. The molecular formula is C26H22N4O8S2. The minimum absolute atomic E-state index is 0.156. The maximum absolute atomic E-state index is 13.8. The van der Waals surface area contributed by atoms with Crippen molar-refractivity contribution >= 4 is 52.2 Å². The number of nitro benzene ring substituents is 1. The van der Waals surface area contributed by atoms with Crippen LogP contribution in [-0.2, 0) is 19.1 Å². The Morgan fingerprint density at radius 3 is 2.58 bits per heavy atom. The van der Waals surface area contributed by atoms with Crippen molar-refractivity contribution in [3.8, 4) is 5.75 Å². The van der Waals surface area contributed by atoms with Gasteiger partial charge in [0.2, 0.25) is 11.8 Å². The summed E-state index contributed by atoms with van der Waals surface area (Å²) in [7, 11) is 0. The molecular weight excluding hydrogens is 560 g/mol. The van der Waals surface area contributed by atoms with Crippen molar-refractivity contribution < 1.29 is 28.8 Å². The van der Waals surface area contributed by atoms with E-state index in [2.05, 4.69) is 4.98 Å². The third kappa shape index (κ3) is 4.67. The van der Waals surface area contributed by atoms with Crippen LogP contribution in [0.3, 0.4) is 0 Å². The number of non-ortho nitro benzene ring substituents is 1. The lowest BCUT2D eigenvalue weighted by atomic mass is 9.83. The molecule has 3 aliphatic heterocycles. The molecule has 206 valence electrons. The Morgan fingerprint density at radius 1 is 1.10 bits per heavy atom. The number of carbonyl (C=O) groups is 3. The number of nitrogens with zero attached hydrogens (tertiary/aromatic N) is 3. The Hall–Kier alpha value is -4.01. The summed E-state index contributed by atoms with van der Waals surface area (Å²) in [6.07, 6.45) is 0. The number of thiazole rings is 1. The lowest BCUT2D eigenvalue weighted by Gasteiger charge is -2.30. The summed E-state index contributed by atoms with van der Waals surface area (Å²) in [6, 6.07) is 12.2. The van der Waals surface area contributed by atoms with Crippen LogP contribution in [0.5, 0.6) is 5.75 Å². The number of rotatable bonds is 6. The van der Waals surface area contributed by atoms with Gasteiger partial charge in [-0.1, -0.05) is 35.2 Å². The van der Waals surface area contributed by atoms with Gasteiger partial charge in [-0.3, -0.25) is 29.3 Å². The number of nitro groups is 1. The molecule has 14 heteroatoms. The molecule has 0 saturated carbocycles. The second kappa shape index (κ2) is 10.5. The first-order valence-electron chi connectivity index (χ1n) is 12.4. The monoisotopic (exact) mass is 582 g/mol. The number of benzene rings is 2. The molecule has 2 fully saturated rings. The van der Waals surface area contributed by atoms with E-state index in [1.54, 1.807) is 29.2 Å². The lowest BCUT2D eigenvalue weighted by Crippen LogP contribution is -2.42. The van der Waals surface area contributed by atoms with E-state index in [0.29, 0.717) is 47.5 Å². The SMILES string of the molecule is O=C(COc1cccc(C2c3sc(=O)[nH]c3SC3C(=O)N(c4ccc([N+](=O)[O-])cc4)C(=O)C32)c1)N1CCOCC1. The van der Waals surface area contributed by atoms with E-state index in [9.17, 15) is 29.3 Å². The Bertz CT molecular complexity index is 1560. The van der Waals surface area contributed by atoms with Crippen LogP contribution in [0.4, 0.5) is 11.4 Å². The van der Waals surface area contributed by atoms with Gasteiger partial charge >= 0.3 is 4.87 Å². The second-order valence-corrected chi connectivity index (χ2v) is 11.6. The van der Waals surface area contributed by atoms with Crippen LogP contribution in [0.25, 0.3) is 0 Å². The number of hydrogen-bond donors (Lipinski definition) is 1. The number of aromatic nitrogens is 1. The molecule has 12 nitrogen and oxygen atoms in total. The molecule has 3 aromatic rings. The highest BCUT2D eigenvalue weighted by Gasteiger charge is 2.56. The summed E-state index contributed by atoms with van der Waals surface area (Å²) in [4.78, 5) is 68.7. The molecule has 0 bridgehead atoms. The normalized spacial score (nSPS) is 22.1. The molecule has 40 heavy (non-hydrogen) atoms. The summed E-state index contributed by atoms with van der Waals surface area (Å²) in [5.41, 5.74) is 0.746. The van der Waals surface area contributed by atoms with Crippen molar-refractivity contribution in [1.29, 1.82) is 0 Å². The van der Waals surface area contributed by atoms with E-state index in [0.717, 1.165) is 28.0 Å². The summed E-state index contributed by atoms with van der Waals surface area (Å²) in [6.45, 7) is 1.80. The molecule has 3 atom stereocenters. The maximum Gasteiger partial charge on any atom is 0.305 e. The zero-order valence-electron chi connectivity index (χ0n) is 20.8. The largest absolute Gasteiger partial charge is 0.484 e. The predicted octanol–water partition coefficient (Wildman–Crippen LogP) is 2.38. The van der Waals surface area contributed by atoms with Gasteiger partial charge in [-0.25, -0.2) is 4.90 Å². The topological polar surface area (TPSA) is 152 Å². The number of carbonyl (C=O) groups excluding carboxylic acids is 3. The van der Waals surface area contributed by atoms with E-state index < -0.39 is 33.8 Å². The number of fused-ring (bicyclic) bond motifs is 2. The van der Waals surface area contributed by atoms with Crippen LogP contribution in [-0.4, -0.2) is 70.7 Å². The van der Waals surface area contributed by atoms with Crippen molar-refractivity contribution in [2.75, 3.05) is 37.8 Å². The van der Waals surface area contributed by atoms with Gasteiger partial charge < -0.3 is 19.4 Å². The molecule has 2 saturated heterocycles. The van der Waals surface area contributed by atoms with Crippen molar-refractivity contribution in [2.24, 2.45) is 5.92 Å². The number of thioether (sulfide) groups is 1. The highest BCUT2D eigenvalue weighted by molar-refractivity contribution is 8.00. The van der Waals surface area contributed by atoms with E-state index in [-0.39, 0.29) is 28.8 Å². The fourth-order valence-electron chi connectivity index (χ4n) is 5.20. The average Bonchev–Trinajstić information content (AvgIpc) is 3.46. The molecule has 0 radical (unpaired) electrons. The fourth-order valence-corrected chi connectivity index (χ4v) is 7.72. The summed E-state index contributed by atoms with van der Waals surface area (Å²) >= 11 is 2.13. The van der Waals surface area contributed by atoms with Gasteiger partial charge in [0.15, 0.2) is 6.61 Å². The Morgan fingerprint density at radius 2 is 1.85 bits per heavy atom. The van der Waals surface area contributed by atoms with Gasteiger partial charge in [-0.2, -0.15) is 0 Å². The second-order valence-electron chi connectivity index (χ2n) is 9.39. The maximum atomic E-state index is 13.8. The molecule has 3 unspecified atom stereocenters. The Kier molecular flexibility index (Phi) is 6.90. The molecule has 3 aliphatic rings. The number of hydrogen-bond acceptors (Lipinski definition) is 10. The molecule has 4 heterocycles. The van der Waals surface area contributed by atoms with Crippen LogP contribution in [0.2, 0.25) is 0 Å². The fraction of sp³-hybridized carbons (Fsp3) is 0.308. The average molecular weight is 583 g/mol. The number of nitrogens with one attached hydrogen (secondary N) is 1. The van der Waals surface area contributed by atoms with E-state index in [4.69, 9.17) is 9.47 Å². The minimum atomic E-state index is -0.822. The van der Waals surface area contributed by atoms with Gasteiger partial charge in [-0.05, 0) is 29.8 Å². The van der Waals surface area contributed by atoms with Crippen LogP contribution in [0.1, 0.15) is 16.4 Å². The van der Waals surface area contributed by atoms with Crippen molar-refractivity contribution in [2.45, 2.75) is 16.2 Å². The van der Waals surface area contributed by atoms with Gasteiger partial charge in [0.1, 0.15) is 11.0 Å². The lowest BCUT2D eigenvalue weighted by molar-refractivity contribution is -0.384. The Labute approximate surface area is 235 Å². The molecule has 0 spiro atoms. The first kappa shape index (κ1) is 26.2. The third-order valence-electron chi connectivity index (χ3n) is 7.09. The van der Waals surface area contributed by atoms with Gasteiger partial charge in [0.05, 0.1) is 34.8 Å². The zero-order valence-corrected chi connectivity index (χ0v) is 22.4. The summed E-state index contributed by atoms with van der Waals surface area (Å²) in [5, 5.41) is 10.8. The summed E-state index contributed by atoms with van der Waals surface area (Å²) < 4.78 is 11.1. The van der Waals surface area contributed by atoms with Gasteiger partial charge in [0.25, 0.3) is 11.6 Å². The number of H-pyrrole nitrogens is 1. The van der Waals surface area contributed by atoms with Crippen molar-refractivity contribution in [3.05, 3.63) is 78.8 Å². The quantitative estimate of drug-likeness (QED) is 0.262. The highest BCUT2D eigenvalue weighted by Crippen LogP contribution is 2.53. The van der Waals surface area contributed by atoms with Gasteiger partial charge in [-0.15, -0.1) is 0 Å². The number of imide groups is 1. The Balaban J connectivity index is 1.31. The standard InChI is InChI=1S/C26H22N4O8S2/c31-18(28-8-10-37-11-9-28)13-38-17-3-1-2-14(12-17)19-20-22(39-23-21(19)40-26(34)27-23)25(33)29(24(20)32)15-4-6-16(7-5-15)30(35)36/h1-7,12,19-20,22H,8-11,13H2,(H,27,34). The third-order valence-corrected chi connectivity index (χ3v) is 9.49. The first-order valence-corrected chi connectivity index (χ1v) is 14.1. The van der Waals surface area contributed by atoms with Crippen molar-refractivity contribution in [1.82, 2.24) is 9.88 Å².